The van der Waals surface area contributed by atoms with E-state index < -0.39 is 6.10 Å². The summed E-state index contributed by atoms with van der Waals surface area (Å²) >= 11 is 0. The van der Waals surface area contributed by atoms with Crippen molar-refractivity contribution in [2.75, 3.05) is 40.1 Å². The van der Waals surface area contributed by atoms with Gasteiger partial charge in [0.2, 0.25) is 0 Å². The number of aliphatic hydroxyl groups excluding tert-OH is 1. The third kappa shape index (κ3) is 7.94. The SMILES string of the molecule is CCOCC(O)COCCOC. The largest absolute Gasteiger partial charge is 0.388 e. The van der Waals surface area contributed by atoms with Crippen LogP contribution in [0.1, 0.15) is 6.92 Å². The van der Waals surface area contributed by atoms with Gasteiger partial charge in [-0.05, 0) is 6.92 Å². The lowest BCUT2D eigenvalue weighted by Crippen LogP contribution is -2.22. The van der Waals surface area contributed by atoms with E-state index in [1.54, 1.807) is 7.11 Å². The molecule has 0 aromatic carbocycles. The molecular formula is C8H18O4. The molecule has 0 aromatic heterocycles. The Kier molecular flexibility index (Phi) is 8.81. The number of rotatable bonds is 8. The van der Waals surface area contributed by atoms with Crippen LogP contribution in [0.4, 0.5) is 0 Å². The van der Waals surface area contributed by atoms with E-state index in [1.165, 1.54) is 0 Å². The van der Waals surface area contributed by atoms with Gasteiger partial charge in [-0.1, -0.05) is 0 Å². The Morgan fingerprint density at radius 2 is 1.83 bits per heavy atom. The summed E-state index contributed by atoms with van der Waals surface area (Å²) in [6.45, 7) is 4.22. The molecule has 12 heavy (non-hydrogen) atoms. The van der Waals surface area contributed by atoms with Gasteiger partial charge in [-0.2, -0.15) is 0 Å². The highest BCUT2D eigenvalue weighted by Gasteiger charge is 2.02. The molecule has 0 aromatic rings. The molecule has 4 nitrogen and oxygen atoms in total. The van der Waals surface area contributed by atoms with Crippen molar-refractivity contribution in [3.63, 3.8) is 0 Å². The predicted molar refractivity (Wildman–Crippen MR) is 45.2 cm³/mol. The number of hydrogen-bond donors (Lipinski definition) is 1. The molecule has 0 heterocycles. The van der Waals surface area contributed by atoms with E-state index in [9.17, 15) is 5.11 Å². The van der Waals surface area contributed by atoms with Gasteiger partial charge in [0.05, 0.1) is 26.4 Å². The molecule has 0 saturated heterocycles. The smallest absolute Gasteiger partial charge is 0.101 e. The van der Waals surface area contributed by atoms with Crippen molar-refractivity contribution in [3.8, 4) is 0 Å². The number of ether oxygens (including phenoxy) is 3. The minimum absolute atomic E-state index is 0.309. The Bertz CT molecular complexity index is 87.1. The predicted octanol–water partition coefficient (Wildman–Crippen LogP) is 0.0468. The Hall–Kier alpha value is -0.160. The zero-order chi connectivity index (χ0) is 9.23. The van der Waals surface area contributed by atoms with Crippen LogP contribution < -0.4 is 0 Å². The zero-order valence-electron chi connectivity index (χ0n) is 7.78. The van der Waals surface area contributed by atoms with Crippen LogP contribution in [0.2, 0.25) is 0 Å². The second-order valence-corrected chi connectivity index (χ2v) is 2.38. The van der Waals surface area contributed by atoms with Gasteiger partial charge in [0.1, 0.15) is 6.10 Å². The van der Waals surface area contributed by atoms with Gasteiger partial charge in [0, 0.05) is 13.7 Å². The Balaban J connectivity index is 3.02. The molecule has 0 aliphatic carbocycles. The molecule has 0 fully saturated rings. The summed E-state index contributed by atoms with van der Waals surface area (Å²) in [6, 6.07) is 0. The lowest BCUT2D eigenvalue weighted by molar-refractivity contribution is -0.0260. The molecule has 0 rings (SSSR count). The van der Waals surface area contributed by atoms with E-state index in [4.69, 9.17) is 14.2 Å². The van der Waals surface area contributed by atoms with Crippen LogP contribution in [0, 0.1) is 0 Å². The zero-order valence-corrected chi connectivity index (χ0v) is 7.78. The molecular weight excluding hydrogens is 160 g/mol. The first-order chi connectivity index (χ1) is 5.81. The second kappa shape index (κ2) is 8.93. The van der Waals surface area contributed by atoms with E-state index in [0.29, 0.717) is 33.0 Å². The highest BCUT2D eigenvalue weighted by atomic mass is 16.5. The fraction of sp³-hybridized carbons (Fsp3) is 1.00. The van der Waals surface area contributed by atoms with Crippen LogP contribution in [0.25, 0.3) is 0 Å². The van der Waals surface area contributed by atoms with Crippen molar-refractivity contribution >= 4 is 0 Å². The topological polar surface area (TPSA) is 47.9 Å². The van der Waals surface area contributed by atoms with Crippen molar-refractivity contribution in [1.29, 1.82) is 0 Å². The first-order valence-corrected chi connectivity index (χ1v) is 4.13. The van der Waals surface area contributed by atoms with Gasteiger partial charge in [-0.15, -0.1) is 0 Å². The van der Waals surface area contributed by atoms with Gasteiger partial charge in [0.25, 0.3) is 0 Å². The summed E-state index contributed by atoms with van der Waals surface area (Å²) < 4.78 is 14.8. The summed E-state index contributed by atoms with van der Waals surface area (Å²) in [5.74, 6) is 0. The highest BCUT2D eigenvalue weighted by Crippen LogP contribution is 1.87. The number of hydrogen-bond acceptors (Lipinski definition) is 4. The molecule has 4 heteroatoms. The van der Waals surface area contributed by atoms with Crippen molar-refractivity contribution in [1.82, 2.24) is 0 Å². The summed E-state index contributed by atoms with van der Waals surface area (Å²) in [4.78, 5) is 0. The third-order valence-corrected chi connectivity index (χ3v) is 1.26. The van der Waals surface area contributed by atoms with Crippen LogP contribution in [0.3, 0.4) is 0 Å². The quantitative estimate of drug-likeness (QED) is 0.533. The normalized spacial score (nSPS) is 13.2. The van der Waals surface area contributed by atoms with E-state index in [2.05, 4.69) is 0 Å². The van der Waals surface area contributed by atoms with Crippen LogP contribution in [-0.2, 0) is 14.2 Å². The molecule has 1 unspecified atom stereocenters. The first kappa shape index (κ1) is 11.8. The molecule has 0 spiro atoms. The summed E-state index contributed by atoms with van der Waals surface area (Å²) in [6.07, 6.45) is -0.526. The maximum absolute atomic E-state index is 9.19. The summed E-state index contributed by atoms with van der Waals surface area (Å²) in [5.41, 5.74) is 0. The average Bonchev–Trinajstić information content (AvgIpc) is 2.09. The molecule has 1 N–H and O–H groups in total. The van der Waals surface area contributed by atoms with Crippen molar-refractivity contribution in [2.24, 2.45) is 0 Å². The van der Waals surface area contributed by atoms with Crippen LogP contribution >= 0.6 is 0 Å². The standard InChI is InChI=1S/C8H18O4/c1-3-11-6-8(9)7-12-5-4-10-2/h8-9H,3-7H2,1-2H3. The summed E-state index contributed by atoms with van der Waals surface area (Å²) in [7, 11) is 1.61. The fourth-order valence-electron chi connectivity index (χ4n) is 0.664. The van der Waals surface area contributed by atoms with Crippen molar-refractivity contribution in [3.05, 3.63) is 0 Å². The van der Waals surface area contributed by atoms with Gasteiger partial charge >= 0.3 is 0 Å². The molecule has 1 atom stereocenters. The summed E-state index contributed by atoms with van der Waals surface area (Å²) in [5, 5.41) is 9.19. The number of methoxy groups -OCH3 is 1. The van der Waals surface area contributed by atoms with E-state index in [0.717, 1.165) is 0 Å². The van der Waals surface area contributed by atoms with Crippen LogP contribution in [0.5, 0.6) is 0 Å². The van der Waals surface area contributed by atoms with Gasteiger partial charge in [-0.25, -0.2) is 0 Å². The molecule has 0 radical (unpaired) electrons. The second-order valence-electron chi connectivity index (χ2n) is 2.38. The molecule has 0 amide bonds. The minimum atomic E-state index is -0.526. The highest BCUT2D eigenvalue weighted by molar-refractivity contribution is 4.50. The Morgan fingerprint density at radius 3 is 2.42 bits per heavy atom. The maximum atomic E-state index is 9.19. The van der Waals surface area contributed by atoms with Gasteiger partial charge < -0.3 is 19.3 Å². The lowest BCUT2D eigenvalue weighted by atomic mass is 10.4. The van der Waals surface area contributed by atoms with Crippen LogP contribution in [0.15, 0.2) is 0 Å². The van der Waals surface area contributed by atoms with Crippen LogP contribution in [-0.4, -0.2) is 51.4 Å². The monoisotopic (exact) mass is 178 g/mol. The van der Waals surface area contributed by atoms with Crippen molar-refractivity contribution in [2.45, 2.75) is 13.0 Å². The lowest BCUT2D eigenvalue weighted by Gasteiger charge is -2.10. The fourth-order valence-corrected chi connectivity index (χ4v) is 0.664. The van der Waals surface area contributed by atoms with E-state index in [1.807, 2.05) is 6.92 Å². The van der Waals surface area contributed by atoms with E-state index >= 15 is 0 Å². The Morgan fingerprint density at radius 1 is 1.17 bits per heavy atom. The molecule has 74 valence electrons. The molecule has 0 aliphatic rings. The maximum Gasteiger partial charge on any atom is 0.101 e. The molecule has 0 saturated carbocycles. The van der Waals surface area contributed by atoms with Gasteiger partial charge in [0.15, 0.2) is 0 Å². The minimum Gasteiger partial charge on any atom is -0.388 e. The first-order valence-electron chi connectivity index (χ1n) is 4.13. The van der Waals surface area contributed by atoms with E-state index in [-0.39, 0.29) is 0 Å². The molecule has 0 bridgehead atoms. The average molecular weight is 178 g/mol. The number of aliphatic hydroxyl groups is 1. The van der Waals surface area contributed by atoms with Gasteiger partial charge in [-0.3, -0.25) is 0 Å². The molecule has 0 aliphatic heterocycles. The third-order valence-electron chi connectivity index (χ3n) is 1.26. The Labute approximate surface area is 73.4 Å². The van der Waals surface area contributed by atoms with Crippen molar-refractivity contribution < 1.29 is 19.3 Å².